The monoisotopic (exact) mass is 307 g/mol. The molecule has 21 heavy (non-hydrogen) atoms. The molecule has 110 valence electrons. The van der Waals surface area contributed by atoms with Crippen molar-refractivity contribution in [3.8, 4) is 0 Å². The predicted octanol–water partition coefficient (Wildman–Crippen LogP) is 2.69. The van der Waals surface area contributed by atoms with Gasteiger partial charge in [0.2, 0.25) is 5.89 Å². The van der Waals surface area contributed by atoms with Crippen LogP contribution in [0.4, 0.5) is 5.69 Å². The number of rotatable bonds is 6. The second-order valence-electron chi connectivity index (χ2n) is 5.05. The van der Waals surface area contributed by atoms with E-state index in [4.69, 9.17) is 21.2 Å². The highest BCUT2D eigenvalue weighted by Gasteiger charge is 2.29. The molecule has 1 aromatic heterocycles. The minimum absolute atomic E-state index is 0.165. The van der Waals surface area contributed by atoms with Crippen molar-refractivity contribution in [2.75, 3.05) is 11.4 Å². The fourth-order valence-corrected chi connectivity index (χ4v) is 2.26. The Bertz CT molecular complexity index is 654. The summed E-state index contributed by atoms with van der Waals surface area (Å²) in [5.74, 6) is 0.600. The molecule has 0 saturated heterocycles. The van der Waals surface area contributed by atoms with Gasteiger partial charge in [-0.1, -0.05) is 22.8 Å². The molecule has 3 rings (SSSR count). The number of hydrogen-bond acceptors (Lipinski definition) is 5. The predicted molar refractivity (Wildman–Crippen MR) is 76.4 cm³/mol. The van der Waals surface area contributed by atoms with Gasteiger partial charge in [0.15, 0.2) is 5.82 Å². The molecular weight excluding hydrogens is 294 g/mol. The zero-order valence-electron chi connectivity index (χ0n) is 11.2. The summed E-state index contributed by atoms with van der Waals surface area (Å²) >= 11 is 5.96. The Balaban J connectivity index is 1.79. The first-order valence-corrected chi connectivity index (χ1v) is 7.04. The van der Waals surface area contributed by atoms with Crippen LogP contribution in [-0.4, -0.2) is 27.8 Å². The number of nitrogens with zero attached hydrogens (tertiary/aromatic N) is 3. The van der Waals surface area contributed by atoms with Crippen molar-refractivity contribution in [1.82, 2.24) is 10.1 Å². The minimum atomic E-state index is -0.933. The lowest BCUT2D eigenvalue weighted by Gasteiger charge is -2.20. The molecule has 0 radical (unpaired) electrons. The second-order valence-corrected chi connectivity index (χ2v) is 5.49. The lowest BCUT2D eigenvalue weighted by atomic mass is 10.3. The standard InChI is InChI=1S/C14H14ClN3O3/c15-10-2-1-3-11(6-10)18(8-13(19)20)7-12-16-14(17-21-12)9-4-5-9/h1-3,6,9H,4-5,7-8H2,(H,19,20). The fraction of sp³-hybridized carbons (Fsp3) is 0.357. The number of aliphatic carboxylic acids is 1. The van der Waals surface area contributed by atoms with Crippen LogP contribution in [-0.2, 0) is 11.3 Å². The lowest BCUT2D eigenvalue weighted by Crippen LogP contribution is -2.29. The molecule has 0 bridgehead atoms. The largest absolute Gasteiger partial charge is 0.480 e. The van der Waals surface area contributed by atoms with Crippen LogP contribution in [0.1, 0.15) is 30.5 Å². The third-order valence-corrected chi connectivity index (χ3v) is 3.49. The summed E-state index contributed by atoms with van der Waals surface area (Å²) in [6.45, 7) is 0.0772. The quantitative estimate of drug-likeness (QED) is 0.884. The van der Waals surface area contributed by atoms with Gasteiger partial charge in [-0.3, -0.25) is 4.79 Å². The zero-order chi connectivity index (χ0) is 14.8. The normalized spacial score (nSPS) is 14.1. The van der Waals surface area contributed by atoms with Crippen LogP contribution in [0.2, 0.25) is 5.02 Å². The molecule has 2 aromatic rings. The number of benzene rings is 1. The fourth-order valence-electron chi connectivity index (χ4n) is 2.08. The van der Waals surface area contributed by atoms with Crippen LogP contribution in [0.5, 0.6) is 0 Å². The Labute approximate surface area is 126 Å². The smallest absolute Gasteiger partial charge is 0.323 e. The van der Waals surface area contributed by atoms with Crippen molar-refractivity contribution in [2.45, 2.75) is 25.3 Å². The highest BCUT2D eigenvalue weighted by Crippen LogP contribution is 2.38. The summed E-state index contributed by atoms with van der Waals surface area (Å²) < 4.78 is 5.20. The molecule has 0 unspecified atom stereocenters. The highest BCUT2D eigenvalue weighted by molar-refractivity contribution is 6.30. The summed E-state index contributed by atoms with van der Waals surface area (Å²) in [6.07, 6.45) is 2.18. The number of carboxylic acids is 1. The molecule has 1 saturated carbocycles. The van der Waals surface area contributed by atoms with Crippen LogP contribution in [0.3, 0.4) is 0 Å². The molecule has 0 amide bonds. The Morgan fingerprint density at radius 1 is 1.48 bits per heavy atom. The van der Waals surface area contributed by atoms with Crippen molar-refractivity contribution >= 4 is 23.3 Å². The first-order valence-electron chi connectivity index (χ1n) is 6.66. The molecular formula is C14H14ClN3O3. The van der Waals surface area contributed by atoms with E-state index in [0.29, 0.717) is 28.3 Å². The summed E-state index contributed by atoms with van der Waals surface area (Å²) in [5.41, 5.74) is 0.705. The van der Waals surface area contributed by atoms with Crippen LogP contribution in [0.15, 0.2) is 28.8 Å². The van der Waals surface area contributed by atoms with Crippen molar-refractivity contribution in [2.24, 2.45) is 0 Å². The van der Waals surface area contributed by atoms with Gasteiger partial charge in [0.05, 0.1) is 6.54 Å². The maximum absolute atomic E-state index is 11.0. The van der Waals surface area contributed by atoms with Gasteiger partial charge in [-0.25, -0.2) is 0 Å². The lowest BCUT2D eigenvalue weighted by molar-refractivity contribution is -0.135. The Hall–Kier alpha value is -2.08. The van der Waals surface area contributed by atoms with E-state index in [0.717, 1.165) is 12.8 Å². The number of halogens is 1. The SMILES string of the molecule is O=C(O)CN(Cc1nc(C2CC2)no1)c1cccc(Cl)c1. The number of carboxylic acid groups (broad SMARTS) is 1. The summed E-state index contributed by atoms with van der Waals surface area (Å²) in [5, 5.41) is 13.5. The van der Waals surface area contributed by atoms with E-state index in [1.54, 1.807) is 29.2 Å². The van der Waals surface area contributed by atoms with E-state index >= 15 is 0 Å². The summed E-state index contributed by atoms with van der Waals surface area (Å²) in [7, 11) is 0. The second kappa shape index (κ2) is 5.73. The molecule has 1 N–H and O–H groups in total. The van der Waals surface area contributed by atoms with Crippen molar-refractivity contribution < 1.29 is 14.4 Å². The molecule has 7 heteroatoms. The Morgan fingerprint density at radius 3 is 2.95 bits per heavy atom. The number of anilines is 1. The number of carbonyl (C=O) groups is 1. The van der Waals surface area contributed by atoms with Crippen LogP contribution >= 0.6 is 11.6 Å². The molecule has 1 fully saturated rings. The van der Waals surface area contributed by atoms with Gasteiger partial charge in [-0.15, -0.1) is 0 Å². The average Bonchev–Trinajstić information content (AvgIpc) is 3.18. The first kappa shape index (κ1) is 13.9. The van der Waals surface area contributed by atoms with Gasteiger partial charge in [-0.05, 0) is 31.0 Å². The molecule has 0 atom stereocenters. The molecule has 6 nitrogen and oxygen atoms in total. The molecule has 1 aliphatic rings. The summed E-state index contributed by atoms with van der Waals surface area (Å²) in [4.78, 5) is 17.0. The van der Waals surface area contributed by atoms with Crippen LogP contribution in [0, 0.1) is 0 Å². The minimum Gasteiger partial charge on any atom is -0.480 e. The number of hydrogen-bond donors (Lipinski definition) is 1. The topological polar surface area (TPSA) is 79.5 Å². The van der Waals surface area contributed by atoms with Gasteiger partial charge in [0.25, 0.3) is 0 Å². The van der Waals surface area contributed by atoms with E-state index < -0.39 is 5.97 Å². The van der Waals surface area contributed by atoms with Crippen LogP contribution < -0.4 is 4.90 Å². The maximum atomic E-state index is 11.0. The van der Waals surface area contributed by atoms with Gasteiger partial charge >= 0.3 is 5.97 Å². The molecule has 0 aliphatic heterocycles. The first-order chi connectivity index (χ1) is 10.1. The highest BCUT2D eigenvalue weighted by atomic mass is 35.5. The number of aromatic nitrogens is 2. The third-order valence-electron chi connectivity index (χ3n) is 3.25. The molecule has 1 aromatic carbocycles. The van der Waals surface area contributed by atoms with E-state index in [2.05, 4.69) is 10.1 Å². The van der Waals surface area contributed by atoms with Crippen molar-refractivity contribution in [3.05, 3.63) is 41.0 Å². The Morgan fingerprint density at radius 2 is 2.29 bits per heavy atom. The maximum Gasteiger partial charge on any atom is 0.323 e. The van der Waals surface area contributed by atoms with E-state index in [1.807, 2.05) is 0 Å². The van der Waals surface area contributed by atoms with E-state index in [-0.39, 0.29) is 13.1 Å². The molecule has 1 heterocycles. The van der Waals surface area contributed by atoms with Crippen molar-refractivity contribution in [3.63, 3.8) is 0 Å². The van der Waals surface area contributed by atoms with Gasteiger partial charge in [0, 0.05) is 16.6 Å². The average molecular weight is 308 g/mol. The molecule has 0 spiro atoms. The van der Waals surface area contributed by atoms with Gasteiger partial charge in [0.1, 0.15) is 6.54 Å². The van der Waals surface area contributed by atoms with E-state index in [1.165, 1.54) is 0 Å². The summed E-state index contributed by atoms with van der Waals surface area (Å²) in [6, 6.07) is 7.02. The van der Waals surface area contributed by atoms with Gasteiger partial charge < -0.3 is 14.5 Å². The van der Waals surface area contributed by atoms with Crippen molar-refractivity contribution in [1.29, 1.82) is 0 Å². The van der Waals surface area contributed by atoms with Crippen LogP contribution in [0.25, 0.3) is 0 Å². The van der Waals surface area contributed by atoms with E-state index in [9.17, 15) is 4.79 Å². The Kier molecular flexibility index (Phi) is 3.79. The van der Waals surface area contributed by atoms with Gasteiger partial charge in [-0.2, -0.15) is 4.98 Å². The third kappa shape index (κ3) is 3.52. The molecule has 1 aliphatic carbocycles. The zero-order valence-corrected chi connectivity index (χ0v) is 12.0.